The van der Waals surface area contributed by atoms with E-state index >= 15 is 0 Å². The number of methoxy groups -OCH3 is 1. The topological polar surface area (TPSA) is 44.5 Å². The number of thiophene rings is 1. The first-order valence-electron chi connectivity index (χ1n) is 5.34. The molecule has 0 radical (unpaired) electrons. The van der Waals surface area contributed by atoms with Crippen molar-refractivity contribution in [1.29, 1.82) is 0 Å². The van der Waals surface area contributed by atoms with Crippen LogP contribution in [0.15, 0.2) is 35.0 Å². The van der Waals surface area contributed by atoms with Crippen molar-refractivity contribution in [3.8, 4) is 11.5 Å². The van der Waals surface area contributed by atoms with Gasteiger partial charge in [0.2, 0.25) is 0 Å². The van der Waals surface area contributed by atoms with Gasteiger partial charge in [-0.2, -0.15) is 11.3 Å². The quantitative estimate of drug-likeness (QED) is 0.886. The highest BCUT2D eigenvalue weighted by atomic mass is 32.1. The van der Waals surface area contributed by atoms with Gasteiger partial charge in [0.15, 0.2) is 0 Å². The molecule has 2 aromatic rings. The van der Waals surface area contributed by atoms with E-state index in [-0.39, 0.29) is 0 Å². The summed E-state index contributed by atoms with van der Waals surface area (Å²) in [5.41, 5.74) is 7.82. The lowest BCUT2D eigenvalue weighted by molar-refractivity contribution is 0.302. The lowest BCUT2D eigenvalue weighted by Crippen LogP contribution is -2.02. The van der Waals surface area contributed by atoms with Gasteiger partial charge in [-0.1, -0.05) is 0 Å². The molecular weight excluding hydrogens is 234 g/mol. The van der Waals surface area contributed by atoms with Crippen molar-refractivity contribution in [2.45, 2.75) is 13.2 Å². The van der Waals surface area contributed by atoms with Crippen LogP contribution in [-0.2, 0) is 13.2 Å². The van der Waals surface area contributed by atoms with Crippen LogP contribution in [0, 0.1) is 0 Å². The zero-order valence-corrected chi connectivity index (χ0v) is 10.5. The molecule has 3 nitrogen and oxygen atoms in total. The van der Waals surface area contributed by atoms with Gasteiger partial charge in [0.1, 0.15) is 18.1 Å². The lowest BCUT2D eigenvalue weighted by atomic mass is 10.2. The van der Waals surface area contributed by atoms with E-state index in [9.17, 15) is 0 Å². The second kappa shape index (κ2) is 5.70. The Hall–Kier alpha value is -1.52. The van der Waals surface area contributed by atoms with E-state index in [1.54, 1.807) is 18.4 Å². The molecule has 0 bridgehead atoms. The normalized spacial score (nSPS) is 10.2. The monoisotopic (exact) mass is 249 g/mol. The molecule has 17 heavy (non-hydrogen) atoms. The molecule has 0 amide bonds. The van der Waals surface area contributed by atoms with Crippen molar-refractivity contribution in [3.63, 3.8) is 0 Å². The van der Waals surface area contributed by atoms with Crippen molar-refractivity contribution in [3.05, 3.63) is 46.2 Å². The van der Waals surface area contributed by atoms with Crippen LogP contribution in [0.25, 0.3) is 0 Å². The van der Waals surface area contributed by atoms with Crippen LogP contribution >= 0.6 is 11.3 Å². The average Bonchev–Trinajstić information content (AvgIpc) is 2.89. The Morgan fingerprint density at radius 1 is 1.29 bits per heavy atom. The molecule has 0 saturated heterocycles. The summed E-state index contributed by atoms with van der Waals surface area (Å²) in [6.45, 7) is 1.01. The van der Waals surface area contributed by atoms with E-state index in [2.05, 4.69) is 11.4 Å². The van der Waals surface area contributed by atoms with Crippen LogP contribution in [0.2, 0.25) is 0 Å². The first kappa shape index (κ1) is 12.0. The Morgan fingerprint density at radius 2 is 2.18 bits per heavy atom. The number of nitrogens with two attached hydrogens (primary N) is 1. The highest BCUT2D eigenvalue weighted by Crippen LogP contribution is 2.24. The van der Waals surface area contributed by atoms with Crippen molar-refractivity contribution >= 4 is 11.3 Å². The van der Waals surface area contributed by atoms with Crippen LogP contribution in [0.1, 0.15) is 11.1 Å². The summed E-state index contributed by atoms with van der Waals surface area (Å²) in [6.07, 6.45) is 0. The van der Waals surface area contributed by atoms with Crippen LogP contribution in [0.4, 0.5) is 0 Å². The van der Waals surface area contributed by atoms with E-state index in [0.29, 0.717) is 13.2 Å². The molecule has 2 rings (SSSR count). The molecule has 90 valence electrons. The van der Waals surface area contributed by atoms with Gasteiger partial charge in [0.25, 0.3) is 0 Å². The number of rotatable bonds is 5. The maximum Gasteiger partial charge on any atom is 0.124 e. The molecule has 0 fully saturated rings. The van der Waals surface area contributed by atoms with Gasteiger partial charge >= 0.3 is 0 Å². The molecule has 0 aliphatic rings. The van der Waals surface area contributed by atoms with Crippen molar-refractivity contribution in [1.82, 2.24) is 0 Å². The first-order valence-corrected chi connectivity index (χ1v) is 6.28. The first-order chi connectivity index (χ1) is 8.33. The number of hydrogen-bond acceptors (Lipinski definition) is 4. The lowest BCUT2D eigenvalue weighted by Gasteiger charge is -2.11. The second-order valence-electron chi connectivity index (χ2n) is 3.60. The van der Waals surface area contributed by atoms with Gasteiger partial charge < -0.3 is 15.2 Å². The summed E-state index contributed by atoms with van der Waals surface area (Å²) in [6, 6.07) is 7.73. The maximum absolute atomic E-state index is 5.74. The standard InChI is InChI=1S/C13H15NO2S/c1-15-12-2-3-13(11(6-12)7-14)16-8-10-4-5-17-9-10/h2-6,9H,7-8,14H2,1H3. The molecule has 0 spiro atoms. The summed E-state index contributed by atoms with van der Waals surface area (Å²) in [7, 11) is 1.64. The molecule has 1 aromatic heterocycles. The summed E-state index contributed by atoms with van der Waals surface area (Å²) < 4.78 is 10.9. The van der Waals surface area contributed by atoms with Gasteiger partial charge in [0.05, 0.1) is 7.11 Å². The van der Waals surface area contributed by atoms with Gasteiger partial charge in [-0.3, -0.25) is 0 Å². The minimum Gasteiger partial charge on any atom is -0.497 e. The van der Waals surface area contributed by atoms with Gasteiger partial charge in [-0.25, -0.2) is 0 Å². The molecule has 0 unspecified atom stereocenters. The largest absolute Gasteiger partial charge is 0.497 e. The Kier molecular flexibility index (Phi) is 4.01. The summed E-state index contributed by atoms with van der Waals surface area (Å²) in [5.74, 6) is 1.62. The minimum atomic E-state index is 0.441. The highest BCUT2D eigenvalue weighted by molar-refractivity contribution is 7.07. The second-order valence-corrected chi connectivity index (χ2v) is 4.38. The van der Waals surface area contributed by atoms with Crippen LogP contribution in [-0.4, -0.2) is 7.11 Å². The molecule has 1 aromatic carbocycles. The van der Waals surface area contributed by atoms with E-state index in [0.717, 1.165) is 17.1 Å². The van der Waals surface area contributed by atoms with E-state index in [4.69, 9.17) is 15.2 Å². The third-order valence-electron chi connectivity index (χ3n) is 2.46. The predicted molar refractivity (Wildman–Crippen MR) is 69.5 cm³/mol. The van der Waals surface area contributed by atoms with E-state index < -0.39 is 0 Å². The minimum absolute atomic E-state index is 0.441. The fourth-order valence-electron chi connectivity index (χ4n) is 1.52. The van der Waals surface area contributed by atoms with Gasteiger partial charge in [-0.15, -0.1) is 0 Å². The smallest absolute Gasteiger partial charge is 0.124 e. The van der Waals surface area contributed by atoms with Crippen molar-refractivity contribution < 1.29 is 9.47 Å². The third-order valence-corrected chi connectivity index (χ3v) is 3.19. The number of ether oxygens (including phenoxy) is 2. The SMILES string of the molecule is COc1ccc(OCc2ccsc2)c(CN)c1. The van der Waals surface area contributed by atoms with Crippen molar-refractivity contribution in [2.75, 3.05) is 7.11 Å². The Morgan fingerprint density at radius 3 is 2.82 bits per heavy atom. The molecule has 0 atom stereocenters. The fraction of sp³-hybridized carbons (Fsp3) is 0.231. The van der Waals surface area contributed by atoms with Crippen LogP contribution < -0.4 is 15.2 Å². The highest BCUT2D eigenvalue weighted by Gasteiger charge is 2.04. The Labute approximate surface area is 105 Å². The summed E-state index contributed by atoms with van der Waals surface area (Å²) in [4.78, 5) is 0. The predicted octanol–water partition coefficient (Wildman–Crippen LogP) is 2.79. The fourth-order valence-corrected chi connectivity index (χ4v) is 2.17. The average molecular weight is 249 g/mol. The number of hydrogen-bond donors (Lipinski definition) is 1. The van der Waals surface area contributed by atoms with Crippen LogP contribution in [0.3, 0.4) is 0 Å². The van der Waals surface area contributed by atoms with E-state index in [1.807, 2.05) is 23.6 Å². The Bertz CT molecular complexity index is 468. The zero-order chi connectivity index (χ0) is 12.1. The zero-order valence-electron chi connectivity index (χ0n) is 9.68. The summed E-state index contributed by atoms with van der Waals surface area (Å²) >= 11 is 1.67. The molecule has 2 N–H and O–H groups in total. The van der Waals surface area contributed by atoms with Crippen LogP contribution in [0.5, 0.6) is 11.5 Å². The van der Waals surface area contributed by atoms with Gasteiger partial charge in [-0.05, 0) is 40.6 Å². The van der Waals surface area contributed by atoms with Gasteiger partial charge in [0, 0.05) is 12.1 Å². The Balaban J connectivity index is 2.09. The van der Waals surface area contributed by atoms with E-state index in [1.165, 1.54) is 5.56 Å². The number of benzene rings is 1. The molecule has 0 aliphatic carbocycles. The molecule has 0 aliphatic heterocycles. The summed E-state index contributed by atoms with van der Waals surface area (Å²) in [5, 5.41) is 4.11. The molecule has 0 saturated carbocycles. The molecule has 1 heterocycles. The molecular formula is C13H15NO2S. The molecule has 4 heteroatoms. The van der Waals surface area contributed by atoms with Crippen molar-refractivity contribution in [2.24, 2.45) is 5.73 Å². The maximum atomic E-state index is 5.74. The third kappa shape index (κ3) is 2.99.